The van der Waals surface area contributed by atoms with Crippen LogP contribution in [0.2, 0.25) is 0 Å². The van der Waals surface area contributed by atoms with Crippen LogP contribution < -0.4 is 15.4 Å². The molecule has 0 atom stereocenters. The summed E-state index contributed by atoms with van der Waals surface area (Å²) < 4.78 is 27.1. The monoisotopic (exact) mass is 389 g/mol. The largest absolute Gasteiger partial charge is 0.353 e. The van der Waals surface area contributed by atoms with E-state index < -0.39 is 15.9 Å². The molecule has 2 aromatic carbocycles. The van der Waals surface area contributed by atoms with Crippen molar-refractivity contribution in [3.63, 3.8) is 0 Å². The van der Waals surface area contributed by atoms with Gasteiger partial charge in [0.05, 0.1) is 11.4 Å². The lowest BCUT2D eigenvalue weighted by atomic mass is 10.2. The van der Waals surface area contributed by atoms with E-state index in [0.717, 1.165) is 5.56 Å². The summed E-state index contributed by atoms with van der Waals surface area (Å²) in [7, 11) is -3.64. The first-order valence-corrected chi connectivity index (χ1v) is 9.95. The average molecular weight is 389 g/mol. The van der Waals surface area contributed by atoms with Gasteiger partial charge in [0.1, 0.15) is 0 Å². The molecular formula is C19H23N3O4S. The lowest BCUT2D eigenvalue weighted by Crippen LogP contribution is -2.40. The summed E-state index contributed by atoms with van der Waals surface area (Å²) in [6.07, 6.45) is 0. The summed E-state index contributed by atoms with van der Waals surface area (Å²) in [5, 5.41) is 5.06. The maximum Gasteiger partial charge on any atom is 0.251 e. The first kappa shape index (κ1) is 20.6. The number of nitrogens with one attached hydrogen (secondary N) is 3. The standard InChI is InChI=1S/C19H23N3O4S/c1-14-8-9-15(2)17(12-14)27(25,26)22-11-10-20-18(23)13-21-19(24)16-6-4-3-5-7-16/h3-9,12,22H,10-11,13H2,1-2H3,(H,20,23)(H,21,24). The van der Waals surface area contributed by atoms with Gasteiger partial charge >= 0.3 is 0 Å². The molecule has 3 N–H and O–H groups in total. The van der Waals surface area contributed by atoms with E-state index >= 15 is 0 Å². The normalized spacial score (nSPS) is 11.0. The molecule has 2 aromatic rings. The number of amides is 2. The van der Waals surface area contributed by atoms with Crippen molar-refractivity contribution in [2.75, 3.05) is 19.6 Å². The van der Waals surface area contributed by atoms with Crippen molar-refractivity contribution in [1.82, 2.24) is 15.4 Å². The fourth-order valence-corrected chi connectivity index (χ4v) is 3.74. The molecule has 0 saturated carbocycles. The Hall–Kier alpha value is -2.71. The summed E-state index contributed by atoms with van der Waals surface area (Å²) >= 11 is 0. The minimum atomic E-state index is -3.64. The van der Waals surface area contributed by atoms with E-state index in [1.807, 2.05) is 13.0 Å². The van der Waals surface area contributed by atoms with Gasteiger partial charge in [0, 0.05) is 18.7 Å². The van der Waals surface area contributed by atoms with Crippen LogP contribution in [-0.2, 0) is 14.8 Å². The molecule has 2 rings (SSSR count). The van der Waals surface area contributed by atoms with Gasteiger partial charge in [0.25, 0.3) is 5.91 Å². The van der Waals surface area contributed by atoms with Gasteiger partial charge in [-0.15, -0.1) is 0 Å². The quantitative estimate of drug-likeness (QED) is 0.589. The number of carbonyl (C=O) groups is 2. The van der Waals surface area contributed by atoms with Crippen molar-refractivity contribution in [2.24, 2.45) is 0 Å². The fraction of sp³-hybridized carbons (Fsp3) is 0.263. The van der Waals surface area contributed by atoms with Crippen LogP contribution in [-0.4, -0.2) is 39.9 Å². The van der Waals surface area contributed by atoms with E-state index in [1.54, 1.807) is 49.4 Å². The Morgan fingerprint density at radius 1 is 0.926 bits per heavy atom. The lowest BCUT2D eigenvalue weighted by molar-refractivity contribution is -0.120. The maximum absolute atomic E-state index is 12.3. The van der Waals surface area contributed by atoms with Gasteiger partial charge in [-0.25, -0.2) is 13.1 Å². The number of sulfonamides is 1. The SMILES string of the molecule is Cc1ccc(C)c(S(=O)(=O)NCCNC(=O)CNC(=O)c2ccccc2)c1. The predicted octanol–water partition coefficient (Wildman–Crippen LogP) is 1.13. The Labute approximate surface area is 159 Å². The van der Waals surface area contributed by atoms with Crippen molar-refractivity contribution in [3.05, 3.63) is 65.2 Å². The van der Waals surface area contributed by atoms with Crippen molar-refractivity contribution in [2.45, 2.75) is 18.7 Å². The highest BCUT2D eigenvalue weighted by molar-refractivity contribution is 7.89. The van der Waals surface area contributed by atoms with Crippen LogP contribution in [0.15, 0.2) is 53.4 Å². The average Bonchev–Trinajstić information content (AvgIpc) is 2.66. The molecule has 27 heavy (non-hydrogen) atoms. The van der Waals surface area contributed by atoms with Crippen molar-refractivity contribution < 1.29 is 18.0 Å². The van der Waals surface area contributed by atoms with Gasteiger partial charge < -0.3 is 10.6 Å². The van der Waals surface area contributed by atoms with E-state index in [2.05, 4.69) is 15.4 Å². The number of carbonyl (C=O) groups excluding carboxylic acids is 2. The van der Waals surface area contributed by atoms with E-state index in [1.165, 1.54) is 0 Å². The minimum Gasteiger partial charge on any atom is -0.353 e. The van der Waals surface area contributed by atoms with Crippen LogP contribution in [0.4, 0.5) is 0 Å². The van der Waals surface area contributed by atoms with Crippen molar-refractivity contribution in [1.29, 1.82) is 0 Å². The number of hydrogen-bond acceptors (Lipinski definition) is 4. The molecule has 8 heteroatoms. The van der Waals surface area contributed by atoms with Crippen LogP contribution in [0, 0.1) is 13.8 Å². The molecular weight excluding hydrogens is 366 g/mol. The third kappa shape index (κ3) is 6.19. The molecule has 0 aliphatic carbocycles. The second-order valence-corrected chi connectivity index (χ2v) is 7.80. The summed E-state index contributed by atoms with van der Waals surface area (Å²) in [5.41, 5.74) is 1.97. The van der Waals surface area contributed by atoms with Crippen LogP contribution in [0.1, 0.15) is 21.5 Å². The van der Waals surface area contributed by atoms with Crippen LogP contribution in [0.25, 0.3) is 0 Å². The Morgan fingerprint density at radius 2 is 1.63 bits per heavy atom. The van der Waals surface area contributed by atoms with Crippen molar-refractivity contribution >= 4 is 21.8 Å². The number of rotatable bonds is 8. The molecule has 7 nitrogen and oxygen atoms in total. The molecule has 0 bridgehead atoms. The van der Waals surface area contributed by atoms with Gasteiger partial charge in [-0.1, -0.05) is 30.3 Å². The van der Waals surface area contributed by atoms with Crippen LogP contribution in [0.5, 0.6) is 0 Å². The van der Waals surface area contributed by atoms with Crippen LogP contribution >= 0.6 is 0 Å². The molecule has 0 spiro atoms. The summed E-state index contributed by atoms with van der Waals surface area (Å²) in [4.78, 5) is 23.8. The molecule has 0 radical (unpaired) electrons. The summed E-state index contributed by atoms with van der Waals surface area (Å²) in [6.45, 7) is 3.53. The Kier molecular flexibility index (Phi) is 7.09. The minimum absolute atomic E-state index is 0.0497. The summed E-state index contributed by atoms with van der Waals surface area (Å²) in [6, 6.07) is 13.8. The van der Waals surface area contributed by atoms with Gasteiger partial charge in [-0.05, 0) is 43.2 Å². The highest BCUT2D eigenvalue weighted by atomic mass is 32.2. The highest BCUT2D eigenvalue weighted by Gasteiger charge is 2.16. The number of aryl methyl sites for hydroxylation is 2. The van der Waals surface area contributed by atoms with E-state index in [-0.39, 0.29) is 30.4 Å². The molecule has 0 aliphatic rings. The predicted molar refractivity (Wildman–Crippen MR) is 103 cm³/mol. The molecule has 144 valence electrons. The fourth-order valence-electron chi connectivity index (χ4n) is 2.38. The smallest absolute Gasteiger partial charge is 0.251 e. The molecule has 0 aromatic heterocycles. The molecule has 0 heterocycles. The van der Waals surface area contributed by atoms with Gasteiger partial charge in [0.15, 0.2) is 0 Å². The van der Waals surface area contributed by atoms with Gasteiger partial charge in [0.2, 0.25) is 15.9 Å². The topological polar surface area (TPSA) is 104 Å². The van der Waals surface area contributed by atoms with Gasteiger partial charge in [-0.3, -0.25) is 9.59 Å². The second kappa shape index (κ2) is 9.29. The number of hydrogen-bond donors (Lipinski definition) is 3. The van der Waals surface area contributed by atoms with E-state index in [4.69, 9.17) is 0 Å². The highest BCUT2D eigenvalue weighted by Crippen LogP contribution is 2.16. The third-order valence-corrected chi connectivity index (χ3v) is 5.42. The Balaban J connectivity index is 1.75. The van der Waals surface area contributed by atoms with Gasteiger partial charge in [-0.2, -0.15) is 0 Å². The molecule has 2 amide bonds. The van der Waals surface area contributed by atoms with E-state index in [9.17, 15) is 18.0 Å². The maximum atomic E-state index is 12.3. The molecule has 0 aliphatic heterocycles. The zero-order valence-electron chi connectivity index (χ0n) is 15.3. The third-order valence-electron chi connectivity index (χ3n) is 3.82. The second-order valence-electron chi connectivity index (χ2n) is 6.07. The molecule has 0 unspecified atom stereocenters. The zero-order chi connectivity index (χ0) is 19.9. The summed E-state index contributed by atoms with van der Waals surface area (Å²) in [5.74, 6) is -0.744. The Morgan fingerprint density at radius 3 is 2.33 bits per heavy atom. The zero-order valence-corrected chi connectivity index (χ0v) is 16.1. The first-order chi connectivity index (χ1) is 12.8. The van der Waals surface area contributed by atoms with Crippen LogP contribution in [0.3, 0.4) is 0 Å². The lowest BCUT2D eigenvalue weighted by Gasteiger charge is -2.11. The van der Waals surface area contributed by atoms with E-state index in [0.29, 0.717) is 11.1 Å². The van der Waals surface area contributed by atoms with Crippen molar-refractivity contribution in [3.8, 4) is 0 Å². The molecule has 0 fully saturated rings. The first-order valence-electron chi connectivity index (χ1n) is 8.46. The number of benzene rings is 2. The molecule has 0 saturated heterocycles. The Bertz CT molecular complexity index is 912.